The summed E-state index contributed by atoms with van der Waals surface area (Å²) in [7, 11) is 0. The van der Waals surface area contributed by atoms with E-state index >= 15 is 0 Å². The first kappa shape index (κ1) is 20.4. The number of aromatic nitrogens is 2. The van der Waals surface area contributed by atoms with E-state index in [0.29, 0.717) is 12.2 Å². The van der Waals surface area contributed by atoms with Gasteiger partial charge < -0.3 is 15.5 Å². The summed E-state index contributed by atoms with van der Waals surface area (Å²) in [6, 6.07) is 6.42. The molecule has 1 aliphatic rings. The minimum Gasteiger partial charge on any atom is -0.371 e. The van der Waals surface area contributed by atoms with Crippen molar-refractivity contribution in [3.8, 4) is 0 Å². The van der Waals surface area contributed by atoms with Crippen LogP contribution in [0.1, 0.15) is 42.9 Å². The average molecular weight is 391 g/mol. The van der Waals surface area contributed by atoms with Crippen molar-refractivity contribution in [3.05, 3.63) is 47.3 Å². The molecule has 2 unspecified atom stereocenters. The predicted octanol–water partition coefficient (Wildman–Crippen LogP) is 3.77. The van der Waals surface area contributed by atoms with Crippen molar-refractivity contribution in [3.63, 3.8) is 0 Å². The van der Waals surface area contributed by atoms with Crippen LogP contribution in [-0.2, 0) is 17.1 Å². The van der Waals surface area contributed by atoms with E-state index < -0.39 is 12.5 Å². The highest BCUT2D eigenvalue weighted by Crippen LogP contribution is 2.32. The number of nitrogens with zero attached hydrogens (tertiary/aromatic N) is 2. The molecule has 1 aromatic heterocycles. The molecule has 8 heteroatoms. The summed E-state index contributed by atoms with van der Waals surface area (Å²) in [5.41, 5.74) is 4.42. The fourth-order valence-corrected chi connectivity index (χ4v) is 3.52. The quantitative estimate of drug-likeness (QED) is 0.469. The molecule has 1 aliphatic carbocycles. The van der Waals surface area contributed by atoms with Crippen molar-refractivity contribution in [1.82, 2.24) is 9.97 Å². The molecule has 2 atom stereocenters. The number of benzene rings is 1. The van der Waals surface area contributed by atoms with Gasteiger partial charge in [-0.3, -0.25) is 0 Å². The first-order chi connectivity index (χ1) is 13.4. The van der Waals surface area contributed by atoms with E-state index in [1.165, 1.54) is 18.5 Å². The number of aryl methyl sites for hydroxylation is 1. The smallest absolute Gasteiger partial charge is 0.296 e. The van der Waals surface area contributed by atoms with Crippen molar-refractivity contribution in [2.45, 2.75) is 57.6 Å². The molecule has 6 nitrogen and oxygen atoms in total. The fraction of sp³-hybridized carbons (Fsp3) is 0.500. The van der Waals surface area contributed by atoms with Gasteiger partial charge in [0, 0.05) is 17.2 Å². The molecule has 1 fully saturated rings. The summed E-state index contributed by atoms with van der Waals surface area (Å²) in [5, 5.41) is 3.39. The minimum atomic E-state index is -3.00. The monoisotopic (exact) mass is 391 g/mol. The Hall–Kier alpha value is -2.32. The average Bonchev–Trinajstić information content (AvgIpc) is 3.14. The Kier molecular flexibility index (Phi) is 6.41. The normalized spacial score (nSPS) is 19.6. The maximum absolute atomic E-state index is 14.4. The standard InChI is InChI=1S/C20H27F2N5O/c1-3-17-18(24-12-25-19(17)27-23)26-15-8-9-16(10-15)28-11-20(21,22)14-6-4-13(2)5-7-14/h4-7,12,15-16H,3,8-11,23H2,1-2H3,(H2,24,25,26,27). The number of nitrogen functional groups attached to an aromatic ring is 1. The zero-order chi connectivity index (χ0) is 20.1. The Morgan fingerprint density at radius 2 is 1.89 bits per heavy atom. The van der Waals surface area contributed by atoms with Gasteiger partial charge in [0.2, 0.25) is 0 Å². The van der Waals surface area contributed by atoms with E-state index in [0.717, 1.165) is 36.2 Å². The third-order valence-corrected chi connectivity index (χ3v) is 5.14. The Morgan fingerprint density at radius 1 is 1.18 bits per heavy atom. The largest absolute Gasteiger partial charge is 0.371 e. The lowest BCUT2D eigenvalue weighted by molar-refractivity contribution is -0.103. The van der Waals surface area contributed by atoms with Crippen LogP contribution in [0.4, 0.5) is 20.4 Å². The van der Waals surface area contributed by atoms with Gasteiger partial charge in [0.1, 0.15) is 24.6 Å². The number of nitrogens with one attached hydrogen (secondary N) is 2. The molecule has 0 aliphatic heterocycles. The Morgan fingerprint density at radius 3 is 2.57 bits per heavy atom. The number of hydrogen-bond donors (Lipinski definition) is 3. The van der Waals surface area contributed by atoms with Crippen molar-refractivity contribution in [2.24, 2.45) is 5.84 Å². The van der Waals surface area contributed by atoms with Crippen LogP contribution >= 0.6 is 0 Å². The van der Waals surface area contributed by atoms with Crippen LogP contribution in [-0.4, -0.2) is 28.7 Å². The second-order valence-corrected chi connectivity index (χ2v) is 7.21. The van der Waals surface area contributed by atoms with Gasteiger partial charge in [-0.2, -0.15) is 8.78 Å². The van der Waals surface area contributed by atoms with Gasteiger partial charge in [-0.1, -0.05) is 36.8 Å². The van der Waals surface area contributed by atoms with E-state index in [1.807, 2.05) is 13.8 Å². The van der Waals surface area contributed by atoms with Gasteiger partial charge in [0.05, 0.1) is 6.10 Å². The first-order valence-corrected chi connectivity index (χ1v) is 9.56. The van der Waals surface area contributed by atoms with E-state index in [1.54, 1.807) is 12.1 Å². The van der Waals surface area contributed by atoms with Crippen LogP contribution in [0, 0.1) is 6.92 Å². The molecule has 3 rings (SSSR count). The summed E-state index contributed by atoms with van der Waals surface area (Å²) >= 11 is 0. The third kappa shape index (κ3) is 4.74. The molecular formula is C20H27F2N5O. The van der Waals surface area contributed by atoms with E-state index in [2.05, 4.69) is 20.7 Å². The number of anilines is 2. The molecule has 0 amide bonds. The Balaban J connectivity index is 1.55. The maximum Gasteiger partial charge on any atom is 0.296 e. The zero-order valence-corrected chi connectivity index (χ0v) is 16.2. The number of ether oxygens (including phenoxy) is 1. The van der Waals surface area contributed by atoms with Gasteiger partial charge >= 0.3 is 0 Å². The molecule has 4 N–H and O–H groups in total. The predicted molar refractivity (Wildman–Crippen MR) is 105 cm³/mol. The highest BCUT2D eigenvalue weighted by Gasteiger charge is 2.35. The summed E-state index contributed by atoms with van der Waals surface area (Å²) in [4.78, 5) is 8.41. The molecule has 152 valence electrons. The van der Waals surface area contributed by atoms with Crippen LogP contribution < -0.4 is 16.6 Å². The topological polar surface area (TPSA) is 85.1 Å². The zero-order valence-electron chi connectivity index (χ0n) is 16.2. The lowest BCUT2D eigenvalue weighted by Gasteiger charge is -2.21. The highest BCUT2D eigenvalue weighted by molar-refractivity contribution is 5.57. The number of rotatable bonds is 8. The van der Waals surface area contributed by atoms with Gasteiger partial charge in [-0.05, 0) is 32.6 Å². The molecule has 0 radical (unpaired) electrons. The number of hydrazine groups is 1. The number of nitrogens with two attached hydrogens (primary N) is 1. The third-order valence-electron chi connectivity index (χ3n) is 5.14. The van der Waals surface area contributed by atoms with Gasteiger partial charge in [-0.25, -0.2) is 15.8 Å². The Bertz CT molecular complexity index is 785. The summed E-state index contributed by atoms with van der Waals surface area (Å²) < 4.78 is 34.3. The molecular weight excluding hydrogens is 364 g/mol. The summed E-state index contributed by atoms with van der Waals surface area (Å²) in [6.45, 7) is 3.26. The number of hydrogen-bond acceptors (Lipinski definition) is 6. The van der Waals surface area contributed by atoms with Crippen LogP contribution in [0.15, 0.2) is 30.6 Å². The number of alkyl halides is 2. The Labute approximate surface area is 163 Å². The van der Waals surface area contributed by atoms with Crippen LogP contribution in [0.5, 0.6) is 0 Å². The first-order valence-electron chi connectivity index (χ1n) is 9.56. The lowest BCUT2D eigenvalue weighted by atomic mass is 10.1. The van der Waals surface area contributed by atoms with E-state index in [4.69, 9.17) is 10.6 Å². The lowest BCUT2D eigenvalue weighted by Crippen LogP contribution is -2.26. The molecule has 0 saturated heterocycles. The highest BCUT2D eigenvalue weighted by atomic mass is 19.3. The van der Waals surface area contributed by atoms with Gasteiger partial charge in [0.15, 0.2) is 0 Å². The van der Waals surface area contributed by atoms with E-state index in [9.17, 15) is 8.78 Å². The van der Waals surface area contributed by atoms with Crippen LogP contribution in [0.25, 0.3) is 0 Å². The van der Waals surface area contributed by atoms with Crippen LogP contribution in [0.3, 0.4) is 0 Å². The molecule has 28 heavy (non-hydrogen) atoms. The summed E-state index contributed by atoms with van der Waals surface area (Å²) in [6.07, 6.45) is 4.19. The summed E-state index contributed by atoms with van der Waals surface area (Å²) in [5.74, 6) is 3.82. The second-order valence-electron chi connectivity index (χ2n) is 7.21. The van der Waals surface area contributed by atoms with Crippen molar-refractivity contribution >= 4 is 11.6 Å². The molecule has 1 heterocycles. The van der Waals surface area contributed by atoms with E-state index in [-0.39, 0.29) is 17.7 Å². The van der Waals surface area contributed by atoms with Gasteiger partial charge in [-0.15, -0.1) is 0 Å². The molecule has 0 bridgehead atoms. The van der Waals surface area contributed by atoms with Crippen LogP contribution in [0.2, 0.25) is 0 Å². The van der Waals surface area contributed by atoms with Gasteiger partial charge in [0.25, 0.3) is 5.92 Å². The fourth-order valence-electron chi connectivity index (χ4n) is 3.52. The van der Waals surface area contributed by atoms with Crippen molar-refractivity contribution in [2.75, 3.05) is 17.3 Å². The second kappa shape index (κ2) is 8.79. The molecule has 2 aromatic rings. The SMILES string of the molecule is CCc1c(NN)ncnc1NC1CCC(OCC(F)(F)c2ccc(C)cc2)C1. The maximum atomic E-state index is 14.4. The number of halogens is 2. The molecule has 0 spiro atoms. The minimum absolute atomic E-state index is 0.0128. The molecule has 1 aromatic carbocycles. The van der Waals surface area contributed by atoms with Crippen molar-refractivity contribution in [1.29, 1.82) is 0 Å². The molecule has 1 saturated carbocycles. The van der Waals surface area contributed by atoms with Crippen molar-refractivity contribution < 1.29 is 13.5 Å².